The third kappa shape index (κ3) is 5.53. The molecule has 0 saturated carbocycles. The van der Waals surface area contributed by atoms with Gasteiger partial charge in [-0.25, -0.2) is 0 Å². The van der Waals surface area contributed by atoms with Crippen molar-refractivity contribution >= 4 is 16.5 Å². The molecule has 1 fully saturated rings. The summed E-state index contributed by atoms with van der Waals surface area (Å²) in [7, 11) is -0.461. The summed E-state index contributed by atoms with van der Waals surface area (Å²) in [6.45, 7) is 13.5. The fourth-order valence-electron chi connectivity index (χ4n) is 2.71. The van der Waals surface area contributed by atoms with Gasteiger partial charge in [-0.3, -0.25) is 0 Å². The molecule has 112 valence electrons. The van der Waals surface area contributed by atoms with Gasteiger partial charge in [0.25, 0.3) is 0 Å². The fraction of sp³-hybridized carbons (Fsp3) is 1.00. The van der Waals surface area contributed by atoms with E-state index in [4.69, 9.17) is 9.47 Å². The van der Waals surface area contributed by atoms with E-state index in [9.17, 15) is 0 Å². The molecule has 0 spiro atoms. The zero-order valence-electron chi connectivity index (χ0n) is 11.5. The molecule has 0 aromatic carbocycles. The lowest BCUT2D eigenvalue weighted by atomic mass is 10.7. The first-order valence-electron chi connectivity index (χ1n) is 6.24. The van der Waals surface area contributed by atoms with Crippen LogP contribution in [0.5, 0.6) is 0 Å². The van der Waals surface area contributed by atoms with Crippen LogP contribution in [0.2, 0.25) is 38.3 Å². The second-order valence-electron chi connectivity index (χ2n) is 5.88. The van der Waals surface area contributed by atoms with Crippen molar-refractivity contribution in [2.45, 2.75) is 53.1 Å². The Morgan fingerprint density at radius 1 is 0.889 bits per heavy atom. The Hall–Kier alpha value is 0.314. The van der Waals surface area contributed by atoms with Crippen LogP contribution in [0, 0.1) is 0 Å². The maximum atomic E-state index is 5.60. The zero-order chi connectivity index (χ0) is 12.2. The molecule has 1 heterocycles. The van der Waals surface area contributed by atoms with Crippen molar-refractivity contribution in [3.8, 4) is 0 Å². The van der Waals surface area contributed by atoms with Gasteiger partial charge in [-0.05, 0) is 12.1 Å². The topological polar surface area (TPSA) is 21.7 Å². The van der Waals surface area contributed by atoms with E-state index < -0.39 is 16.5 Å². The normalized spacial score (nSPS) is 21.2. The highest BCUT2D eigenvalue weighted by atomic mass is 28.4. The Bertz CT molecular complexity index is 207. The summed E-state index contributed by atoms with van der Waals surface area (Å²) in [5.74, 6) is 0. The third-order valence-corrected chi connectivity index (χ3v) is 14.2. The van der Waals surface area contributed by atoms with E-state index in [0.29, 0.717) is 6.61 Å². The minimum atomic E-state index is -1.09. The summed E-state index contributed by atoms with van der Waals surface area (Å²) < 4.78 is 13.4. The second kappa shape index (κ2) is 8.48. The number of hydrogen-bond donors (Lipinski definition) is 0. The summed E-state index contributed by atoms with van der Waals surface area (Å²) in [4.78, 5) is 0. The van der Waals surface area contributed by atoms with Crippen LogP contribution in [0.4, 0.5) is 0 Å². The monoisotopic (exact) mass is 293 g/mol. The standard InChI is InChI=1S/C11H27NO2Si2.2CH4/c1-13-8-9-14-7-6-12-15(2,3)10-11-16(12,4)5;;/h6-11H2,1-5H3;2*1H4. The molecule has 18 heavy (non-hydrogen) atoms. The van der Waals surface area contributed by atoms with E-state index in [-0.39, 0.29) is 14.9 Å². The molecule has 1 rings (SSSR count). The average molecular weight is 294 g/mol. The molecule has 0 aromatic heterocycles. The molecule has 0 aliphatic carbocycles. The van der Waals surface area contributed by atoms with E-state index in [1.807, 2.05) is 0 Å². The van der Waals surface area contributed by atoms with Crippen molar-refractivity contribution in [2.75, 3.05) is 33.5 Å². The van der Waals surface area contributed by atoms with E-state index in [0.717, 1.165) is 19.8 Å². The van der Waals surface area contributed by atoms with Crippen LogP contribution < -0.4 is 0 Å². The Balaban J connectivity index is 0. The Labute approximate surface area is 117 Å². The van der Waals surface area contributed by atoms with Crippen LogP contribution in [-0.2, 0) is 9.47 Å². The van der Waals surface area contributed by atoms with E-state index in [1.54, 1.807) is 7.11 Å². The molecule has 1 aliphatic heterocycles. The number of ether oxygens (including phenoxy) is 2. The molecule has 0 atom stereocenters. The van der Waals surface area contributed by atoms with Gasteiger partial charge < -0.3 is 13.7 Å². The first-order valence-corrected chi connectivity index (χ1v) is 12.6. The van der Waals surface area contributed by atoms with Crippen molar-refractivity contribution in [3.05, 3.63) is 0 Å². The van der Waals surface area contributed by atoms with E-state index >= 15 is 0 Å². The van der Waals surface area contributed by atoms with Gasteiger partial charge in [0.2, 0.25) is 0 Å². The smallest absolute Gasteiger partial charge is 0.115 e. The molecule has 0 radical (unpaired) electrons. The Morgan fingerprint density at radius 2 is 1.39 bits per heavy atom. The number of nitrogens with zero attached hydrogens (tertiary/aromatic N) is 1. The van der Waals surface area contributed by atoms with Crippen LogP contribution in [0.1, 0.15) is 14.9 Å². The lowest BCUT2D eigenvalue weighted by Crippen LogP contribution is -2.55. The summed E-state index contributed by atoms with van der Waals surface area (Å²) in [6, 6.07) is 2.95. The molecule has 0 unspecified atom stereocenters. The van der Waals surface area contributed by atoms with Gasteiger partial charge >= 0.3 is 0 Å². The zero-order valence-corrected chi connectivity index (χ0v) is 13.5. The van der Waals surface area contributed by atoms with Crippen LogP contribution >= 0.6 is 0 Å². The molecule has 1 saturated heterocycles. The van der Waals surface area contributed by atoms with Crippen molar-refractivity contribution in [1.82, 2.24) is 4.23 Å². The molecule has 5 heteroatoms. The quantitative estimate of drug-likeness (QED) is 0.551. The first-order chi connectivity index (χ1) is 7.40. The molecule has 1 aliphatic rings. The fourth-order valence-corrected chi connectivity index (χ4v) is 16.8. The van der Waals surface area contributed by atoms with Crippen molar-refractivity contribution < 1.29 is 9.47 Å². The molecular formula is C13H35NO2Si2. The third-order valence-electron chi connectivity index (χ3n) is 3.70. The van der Waals surface area contributed by atoms with Crippen LogP contribution in [0.3, 0.4) is 0 Å². The predicted octanol–water partition coefficient (Wildman–Crippen LogP) is 3.65. The first kappa shape index (κ1) is 20.6. The minimum absolute atomic E-state index is 0. The maximum Gasteiger partial charge on any atom is 0.115 e. The number of rotatable bonds is 6. The average Bonchev–Trinajstić information content (AvgIpc) is 2.39. The van der Waals surface area contributed by atoms with Gasteiger partial charge in [-0.15, -0.1) is 0 Å². The molecule has 3 nitrogen and oxygen atoms in total. The molecule has 0 aromatic rings. The van der Waals surface area contributed by atoms with Gasteiger partial charge in [0, 0.05) is 13.7 Å². The molecule has 0 N–H and O–H groups in total. The number of hydrogen-bond acceptors (Lipinski definition) is 3. The summed E-state index contributed by atoms with van der Waals surface area (Å²) in [5.41, 5.74) is 0. The molecule has 0 amide bonds. The van der Waals surface area contributed by atoms with E-state index in [1.165, 1.54) is 12.1 Å². The van der Waals surface area contributed by atoms with Crippen molar-refractivity contribution in [3.63, 3.8) is 0 Å². The largest absolute Gasteiger partial charge is 0.382 e. The van der Waals surface area contributed by atoms with Crippen LogP contribution in [0.25, 0.3) is 0 Å². The van der Waals surface area contributed by atoms with Crippen LogP contribution in [-0.4, -0.2) is 54.2 Å². The lowest BCUT2D eigenvalue weighted by Gasteiger charge is -2.38. The van der Waals surface area contributed by atoms with E-state index in [2.05, 4.69) is 30.4 Å². The lowest BCUT2D eigenvalue weighted by molar-refractivity contribution is 0.0692. The Kier molecular flexibility index (Phi) is 9.72. The Morgan fingerprint density at radius 3 is 1.83 bits per heavy atom. The number of methoxy groups -OCH3 is 1. The summed E-state index contributed by atoms with van der Waals surface area (Å²) in [6.07, 6.45) is 0. The van der Waals surface area contributed by atoms with Crippen molar-refractivity contribution in [1.29, 1.82) is 0 Å². The van der Waals surface area contributed by atoms with Gasteiger partial charge in [-0.2, -0.15) is 0 Å². The maximum absolute atomic E-state index is 5.60. The highest BCUT2D eigenvalue weighted by molar-refractivity contribution is 6.95. The highest BCUT2D eigenvalue weighted by Crippen LogP contribution is 2.36. The predicted molar refractivity (Wildman–Crippen MR) is 87.4 cm³/mol. The molecule has 0 bridgehead atoms. The van der Waals surface area contributed by atoms with Crippen LogP contribution in [0.15, 0.2) is 0 Å². The van der Waals surface area contributed by atoms with Crippen molar-refractivity contribution in [2.24, 2.45) is 0 Å². The van der Waals surface area contributed by atoms with Gasteiger partial charge in [0.05, 0.1) is 19.8 Å². The second-order valence-corrected chi connectivity index (χ2v) is 15.7. The van der Waals surface area contributed by atoms with Gasteiger partial charge in [0.15, 0.2) is 0 Å². The summed E-state index contributed by atoms with van der Waals surface area (Å²) >= 11 is 0. The highest BCUT2D eigenvalue weighted by Gasteiger charge is 2.46. The molecular weight excluding hydrogens is 258 g/mol. The summed E-state index contributed by atoms with van der Waals surface area (Å²) in [5, 5.41) is 0. The van der Waals surface area contributed by atoms with Gasteiger partial charge in [0.1, 0.15) is 16.5 Å². The SMILES string of the molecule is C.C.COCCOCCN1[Si](C)(C)CC[Si]1(C)C. The minimum Gasteiger partial charge on any atom is -0.382 e. The van der Waals surface area contributed by atoms with Gasteiger partial charge in [-0.1, -0.05) is 41.0 Å².